The minimum Gasteiger partial charge on any atom is -0.352 e. The SMILES string of the molecule is CC(C)C[C@H](N)C(=O)NC1CCCC(C(F)(F)F)C1.Cl. The first-order valence-corrected chi connectivity index (χ1v) is 6.82. The van der Waals surface area contributed by atoms with Crippen LogP contribution in [-0.2, 0) is 4.79 Å². The zero-order valence-corrected chi connectivity index (χ0v) is 12.7. The highest BCUT2D eigenvalue weighted by molar-refractivity contribution is 5.85. The van der Waals surface area contributed by atoms with E-state index in [2.05, 4.69) is 5.32 Å². The van der Waals surface area contributed by atoms with Crippen LogP contribution in [0.1, 0.15) is 46.0 Å². The van der Waals surface area contributed by atoms with Crippen LogP contribution < -0.4 is 11.1 Å². The topological polar surface area (TPSA) is 55.1 Å². The van der Waals surface area contributed by atoms with Gasteiger partial charge in [0.05, 0.1) is 12.0 Å². The maximum absolute atomic E-state index is 12.6. The maximum atomic E-state index is 12.6. The second-order valence-electron chi connectivity index (χ2n) is 5.85. The Morgan fingerprint density at radius 3 is 2.45 bits per heavy atom. The molecule has 120 valence electrons. The van der Waals surface area contributed by atoms with E-state index >= 15 is 0 Å². The Labute approximate surface area is 124 Å². The van der Waals surface area contributed by atoms with Gasteiger partial charge in [-0.15, -0.1) is 12.4 Å². The van der Waals surface area contributed by atoms with E-state index in [1.807, 2.05) is 13.8 Å². The largest absolute Gasteiger partial charge is 0.391 e. The minimum absolute atomic E-state index is 0. The molecule has 3 N–H and O–H groups in total. The monoisotopic (exact) mass is 316 g/mol. The van der Waals surface area contributed by atoms with Crippen molar-refractivity contribution in [1.82, 2.24) is 5.32 Å². The molecule has 1 fully saturated rings. The van der Waals surface area contributed by atoms with E-state index in [0.717, 1.165) is 0 Å². The first kappa shape index (κ1) is 19.5. The van der Waals surface area contributed by atoms with Crippen molar-refractivity contribution in [2.24, 2.45) is 17.6 Å². The standard InChI is InChI=1S/C13H23F3N2O.ClH/c1-8(2)6-11(17)12(19)18-10-5-3-4-9(7-10)13(14,15)16;/h8-11H,3-7,17H2,1-2H3,(H,18,19);1H/t9?,10?,11-;/m0./s1. The highest BCUT2D eigenvalue weighted by Crippen LogP contribution is 2.37. The van der Waals surface area contributed by atoms with Crippen molar-refractivity contribution in [3.8, 4) is 0 Å². The lowest BCUT2D eigenvalue weighted by molar-refractivity contribution is -0.184. The van der Waals surface area contributed by atoms with Gasteiger partial charge >= 0.3 is 6.18 Å². The summed E-state index contributed by atoms with van der Waals surface area (Å²) in [7, 11) is 0. The number of rotatable bonds is 4. The molecular weight excluding hydrogens is 293 g/mol. The molecule has 0 spiro atoms. The molecule has 7 heteroatoms. The molecule has 3 atom stereocenters. The average molecular weight is 317 g/mol. The van der Waals surface area contributed by atoms with Crippen LogP contribution in [0.5, 0.6) is 0 Å². The molecule has 3 nitrogen and oxygen atoms in total. The Morgan fingerprint density at radius 1 is 1.35 bits per heavy atom. The van der Waals surface area contributed by atoms with Gasteiger partial charge in [-0.05, 0) is 31.6 Å². The van der Waals surface area contributed by atoms with Gasteiger partial charge in [-0.3, -0.25) is 4.79 Å². The summed E-state index contributed by atoms with van der Waals surface area (Å²) in [6.45, 7) is 3.90. The van der Waals surface area contributed by atoms with Crippen molar-refractivity contribution in [3.05, 3.63) is 0 Å². The summed E-state index contributed by atoms with van der Waals surface area (Å²) in [5.41, 5.74) is 5.72. The van der Waals surface area contributed by atoms with Gasteiger partial charge in [-0.2, -0.15) is 13.2 Å². The molecule has 20 heavy (non-hydrogen) atoms. The predicted octanol–water partition coefficient (Wildman–Crippen LogP) is 3.02. The summed E-state index contributed by atoms with van der Waals surface area (Å²) in [4.78, 5) is 11.8. The summed E-state index contributed by atoms with van der Waals surface area (Å²) >= 11 is 0. The predicted molar refractivity (Wildman–Crippen MR) is 74.6 cm³/mol. The van der Waals surface area contributed by atoms with Crippen LogP contribution in [0.25, 0.3) is 0 Å². The quantitative estimate of drug-likeness (QED) is 0.837. The van der Waals surface area contributed by atoms with Gasteiger partial charge in [-0.1, -0.05) is 20.3 Å². The molecule has 0 aromatic heterocycles. The molecule has 1 aliphatic carbocycles. The van der Waals surface area contributed by atoms with Crippen LogP contribution in [-0.4, -0.2) is 24.2 Å². The van der Waals surface area contributed by atoms with E-state index in [1.165, 1.54) is 0 Å². The lowest BCUT2D eigenvalue weighted by Crippen LogP contribution is -2.48. The van der Waals surface area contributed by atoms with Crippen molar-refractivity contribution in [2.75, 3.05) is 0 Å². The lowest BCUT2D eigenvalue weighted by Gasteiger charge is -2.31. The zero-order chi connectivity index (χ0) is 14.6. The van der Waals surface area contributed by atoms with Crippen molar-refractivity contribution in [1.29, 1.82) is 0 Å². The van der Waals surface area contributed by atoms with Crippen LogP contribution in [0.3, 0.4) is 0 Å². The Hall–Kier alpha value is -0.490. The van der Waals surface area contributed by atoms with E-state index in [-0.39, 0.29) is 37.1 Å². The van der Waals surface area contributed by atoms with Gasteiger partial charge in [0, 0.05) is 6.04 Å². The molecule has 0 bridgehead atoms. The molecule has 1 amide bonds. The molecule has 0 aromatic carbocycles. The third-order valence-electron chi connectivity index (χ3n) is 3.55. The number of hydrogen-bond acceptors (Lipinski definition) is 2. The summed E-state index contributed by atoms with van der Waals surface area (Å²) in [5, 5.41) is 2.66. The van der Waals surface area contributed by atoms with Crippen molar-refractivity contribution in [2.45, 2.75) is 64.2 Å². The molecule has 1 aliphatic rings. The molecule has 0 aliphatic heterocycles. The Balaban J connectivity index is 0.00000361. The Bertz CT molecular complexity index is 310. The van der Waals surface area contributed by atoms with Gasteiger partial charge in [0.25, 0.3) is 0 Å². The van der Waals surface area contributed by atoms with E-state index in [4.69, 9.17) is 5.73 Å². The molecule has 0 aromatic rings. The summed E-state index contributed by atoms with van der Waals surface area (Å²) in [5.74, 6) is -1.34. The molecule has 0 saturated heterocycles. The number of carbonyl (C=O) groups excluding carboxylic acids is 1. The van der Waals surface area contributed by atoms with Crippen LogP contribution in [0, 0.1) is 11.8 Å². The first-order valence-electron chi connectivity index (χ1n) is 6.82. The number of alkyl halides is 3. The second-order valence-corrected chi connectivity index (χ2v) is 5.85. The fraction of sp³-hybridized carbons (Fsp3) is 0.923. The highest BCUT2D eigenvalue weighted by Gasteiger charge is 2.42. The van der Waals surface area contributed by atoms with Gasteiger partial charge in [0.2, 0.25) is 5.91 Å². The van der Waals surface area contributed by atoms with Crippen LogP contribution in [0.4, 0.5) is 13.2 Å². The van der Waals surface area contributed by atoms with Crippen molar-refractivity contribution < 1.29 is 18.0 Å². The minimum atomic E-state index is -4.16. The van der Waals surface area contributed by atoms with Crippen LogP contribution in [0.15, 0.2) is 0 Å². The number of hydrogen-bond donors (Lipinski definition) is 2. The molecule has 1 rings (SSSR count). The lowest BCUT2D eigenvalue weighted by atomic mass is 9.85. The van der Waals surface area contributed by atoms with Crippen LogP contribution in [0.2, 0.25) is 0 Å². The molecule has 0 heterocycles. The zero-order valence-electron chi connectivity index (χ0n) is 11.9. The van der Waals surface area contributed by atoms with E-state index < -0.39 is 24.2 Å². The maximum Gasteiger partial charge on any atom is 0.391 e. The summed E-state index contributed by atoms with van der Waals surface area (Å²) in [6, 6.07) is -1.03. The fourth-order valence-corrected chi connectivity index (χ4v) is 2.54. The van der Waals surface area contributed by atoms with Crippen LogP contribution >= 0.6 is 12.4 Å². The van der Waals surface area contributed by atoms with Gasteiger partial charge < -0.3 is 11.1 Å². The number of amides is 1. The number of carbonyl (C=O) groups is 1. The van der Waals surface area contributed by atoms with Gasteiger partial charge in [0.1, 0.15) is 0 Å². The van der Waals surface area contributed by atoms with Crippen molar-refractivity contribution in [3.63, 3.8) is 0 Å². The number of nitrogens with two attached hydrogens (primary N) is 1. The Kier molecular flexibility index (Phi) is 7.88. The fourth-order valence-electron chi connectivity index (χ4n) is 2.54. The smallest absolute Gasteiger partial charge is 0.352 e. The average Bonchev–Trinajstić information content (AvgIpc) is 2.27. The normalized spacial score (nSPS) is 24.9. The van der Waals surface area contributed by atoms with Gasteiger partial charge in [0.15, 0.2) is 0 Å². The third kappa shape index (κ3) is 6.31. The molecule has 0 radical (unpaired) electrons. The molecule has 1 saturated carbocycles. The number of halogens is 4. The second kappa shape index (κ2) is 8.08. The third-order valence-corrected chi connectivity index (χ3v) is 3.55. The van der Waals surface area contributed by atoms with E-state index in [9.17, 15) is 18.0 Å². The summed E-state index contributed by atoms with van der Waals surface area (Å²) < 4.78 is 37.9. The highest BCUT2D eigenvalue weighted by atomic mass is 35.5. The number of nitrogens with one attached hydrogen (secondary N) is 1. The van der Waals surface area contributed by atoms with E-state index in [1.54, 1.807) is 0 Å². The van der Waals surface area contributed by atoms with E-state index in [0.29, 0.717) is 19.3 Å². The molecular formula is C13H24ClF3N2O. The molecule has 2 unspecified atom stereocenters. The Morgan fingerprint density at radius 2 is 1.95 bits per heavy atom. The van der Waals surface area contributed by atoms with Gasteiger partial charge in [-0.25, -0.2) is 0 Å². The first-order chi connectivity index (χ1) is 8.70. The van der Waals surface area contributed by atoms with Crippen molar-refractivity contribution >= 4 is 18.3 Å². The summed E-state index contributed by atoms with van der Waals surface area (Å²) in [6.07, 6.45) is -2.39.